The molecular formula is C19H24N6. The lowest BCUT2D eigenvalue weighted by atomic mass is 10.1. The van der Waals surface area contributed by atoms with E-state index in [2.05, 4.69) is 50.8 Å². The molecule has 2 heterocycles. The monoisotopic (exact) mass is 336 g/mol. The summed E-state index contributed by atoms with van der Waals surface area (Å²) in [5, 5.41) is 8.24. The van der Waals surface area contributed by atoms with Crippen LogP contribution in [0.25, 0.3) is 0 Å². The fourth-order valence-electron chi connectivity index (χ4n) is 3.09. The summed E-state index contributed by atoms with van der Waals surface area (Å²) in [7, 11) is 0. The van der Waals surface area contributed by atoms with E-state index < -0.39 is 0 Å². The Morgan fingerprint density at radius 3 is 2.84 bits per heavy atom. The number of nitrogens with one attached hydrogen (secondary N) is 1. The van der Waals surface area contributed by atoms with Gasteiger partial charge in [-0.15, -0.1) is 0 Å². The summed E-state index contributed by atoms with van der Waals surface area (Å²) in [5.41, 5.74) is 8.13. The minimum atomic E-state index is 0.175. The van der Waals surface area contributed by atoms with Crippen molar-refractivity contribution in [1.82, 2.24) is 15.1 Å². The van der Waals surface area contributed by atoms with E-state index in [1.54, 1.807) is 6.20 Å². The van der Waals surface area contributed by atoms with Crippen LogP contribution in [0.15, 0.2) is 60.1 Å². The molecule has 2 aromatic rings. The molecule has 1 aliphatic carbocycles. The van der Waals surface area contributed by atoms with Crippen LogP contribution in [0.4, 0.5) is 5.69 Å². The molecule has 1 unspecified atom stereocenters. The van der Waals surface area contributed by atoms with E-state index in [1.807, 2.05) is 23.1 Å². The van der Waals surface area contributed by atoms with Crippen LogP contribution < -0.4 is 16.0 Å². The van der Waals surface area contributed by atoms with Crippen molar-refractivity contribution < 1.29 is 0 Å². The average molecular weight is 336 g/mol. The molecule has 2 aliphatic rings. The van der Waals surface area contributed by atoms with Gasteiger partial charge in [-0.05, 0) is 30.9 Å². The Morgan fingerprint density at radius 1 is 1.24 bits per heavy atom. The van der Waals surface area contributed by atoms with Crippen LogP contribution in [0.5, 0.6) is 0 Å². The Bertz CT molecular complexity index is 759. The summed E-state index contributed by atoms with van der Waals surface area (Å²) in [6, 6.07) is 10.7. The largest absolute Gasteiger partial charge is 0.386 e. The number of aromatic nitrogens is 2. The molecule has 1 aliphatic heterocycles. The molecule has 0 saturated heterocycles. The second-order valence-electron chi connectivity index (χ2n) is 6.75. The Labute approximate surface area is 148 Å². The Balaban J connectivity index is 1.52. The molecule has 1 atom stereocenters. The van der Waals surface area contributed by atoms with Gasteiger partial charge in [0.1, 0.15) is 5.84 Å². The van der Waals surface area contributed by atoms with E-state index in [1.165, 1.54) is 18.4 Å². The van der Waals surface area contributed by atoms with Gasteiger partial charge in [0.2, 0.25) is 0 Å². The molecule has 3 N–H and O–H groups in total. The number of aliphatic imine (C=N–C) groups is 1. The third-order valence-corrected chi connectivity index (χ3v) is 4.71. The molecular weight excluding hydrogens is 312 g/mol. The SMILES string of the molecule is NC1=NC=CN(c2cnn(C(CNCC3CC3)c3ccccc3)c2)C1. The quantitative estimate of drug-likeness (QED) is 0.812. The van der Waals surface area contributed by atoms with Crippen molar-refractivity contribution in [2.24, 2.45) is 16.6 Å². The first-order valence-electron chi connectivity index (χ1n) is 8.85. The number of rotatable bonds is 7. The number of nitrogens with zero attached hydrogens (tertiary/aromatic N) is 4. The first-order valence-corrected chi connectivity index (χ1v) is 8.85. The summed E-state index contributed by atoms with van der Waals surface area (Å²) in [6.07, 6.45) is 10.3. The van der Waals surface area contributed by atoms with Crippen LogP contribution in [0.1, 0.15) is 24.4 Å². The van der Waals surface area contributed by atoms with Gasteiger partial charge >= 0.3 is 0 Å². The first-order chi connectivity index (χ1) is 12.3. The van der Waals surface area contributed by atoms with Crippen LogP contribution in [0.3, 0.4) is 0 Å². The Hall–Kier alpha value is -2.60. The lowest BCUT2D eigenvalue weighted by Crippen LogP contribution is -2.32. The molecule has 6 heteroatoms. The molecule has 1 fully saturated rings. The van der Waals surface area contributed by atoms with E-state index >= 15 is 0 Å². The van der Waals surface area contributed by atoms with Crippen LogP contribution >= 0.6 is 0 Å². The molecule has 1 aromatic heterocycles. The van der Waals surface area contributed by atoms with Crippen LogP contribution in [0, 0.1) is 5.92 Å². The fourth-order valence-corrected chi connectivity index (χ4v) is 3.09. The van der Waals surface area contributed by atoms with Gasteiger partial charge < -0.3 is 16.0 Å². The average Bonchev–Trinajstić information content (AvgIpc) is 3.34. The minimum absolute atomic E-state index is 0.175. The predicted octanol–water partition coefficient (Wildman–Crippen LogP) is 2.12. The van der Waals surface area contributed by atoms with Crippen molar-refractivity contribution in [3.63, 3.8) is 0 Å². The predicted molar refractivity (Wildman–Crippen MR) is 101 cm³/mol. The van der Waals surface area contributed by atoms with Gasteiger partial charge in [-0.2, -0.15) is 5.10 Å². The molecule has 4 rings (SSSR count). The van der Waals surface area contributed by atoms with Crippen molar-refractivity contribution in [2.75, 3.05) is 24.5 Å². The maximum atomic E-state index is 5.84. The van der Waals surface area contributed by atoms with Crippen molar-refractivity contribution >= 4 is 11.5 Å². The number of nitrogens with two attached hydrogens (primary N) is 1. The second kappa shape index (κ2) is 7.11. The third kappa shape index (κ3) is 3.91. The van der Waals surface area contributed by atoms with E-state index in [0.717, 1.165) is 24.7 Å². The molecule has 0 bridgehead atoms. The van der Waals surface area contributed by atoms with Gasteiger partial charge in [0.05, 0.1) is 24.5 Å². The van der Waals surface area contributed by atoms with Crippen molar-refractivity contribution in [3.05, 3.63) is 60.7 Å². The number of benzene rings is 1. The second-order valence-corrected chi connectivity index (χ2v) is 6.75. The summed E-state index contributed by atoms with van der Waals surface area (Å²) in [4.78, 5) is 6.15. The molecule has 1 aromatic carbocycles. The molecule has 1 saturated carbocycles. The zero-order chi connectivity index (χ0) is 17.1. The van der Waals surface area contributed by atoms with Gasteiger partial charge in [-0.1, -0.05) is 30.3 Å². The molecule has 0 radical (unpaired) electrons. The molecule has 6 nitrogen and oxygen atoms in total. The van der Waals surface area contributed by atoms with Gasteiger partial charge in [0.25, 0.3) is 0 Å². The maximum Gasteiger partial charge on any atom is 0.119 e. The normalized spacial score (nSPS) is 18.2. The lowest BCUT2D eigenvalue weighted by molar-refractivity contribution is 0.474. The fraction of sp³-hybridized carbons (Fsp3) is 0.368. The van der Waals surface area contributed by atoms with Crippen molar-refractivity contribution in [3.8, 4) is 0 Å². The number of amidine groups is 1. The van der Waals surface area contributed by atoms with E-state index in [9.17, 15) is 0 Å². The minimum Gasteiger partial charge on any atom is -0.386 e. The summed E-state index contributed by atoms with van der Waals surface area (Å²) in [5.74, 6) is 1.48. The highest BCUT2D eigenvalue weighted by molar-refractivity contribution is 5.87. The zero-order valence-corrected chi connectivity index (χ0v) is 14.3. The van der Waals surface area contributed by atoms with Crippen molar-refractivity contribution in [1.29, 1.82) is 0 Å². The highest BCUT2D eigenvalue weighted by atomic mass is 15.3. The zero-order valence-electron chi connectivity index (χ0n) is 14.3. The smallest absolute Gasteiger partial charge is 0.119 e. The topological polar surface area (TPSA) is 71.5 Å². The van der Waals surface area contributed by atoms with E-state index in [4.69, 9.17) is 5.73 Å². The summed E-state index contributed by atoms with van der Waals surface area (Å²) < 4.78 is 2.04. The highest BCUT2D eigenvalue weighted by Crippen LogP contribution is 2.28. The van der Waals surface area contributed by atoms with Crippen LogP contribution in [-0.4, -0.2) is 35.3 Å². The van der Waals surface area contributed by atoms with E-state index in [0.29, 0.717) is 12.4 Å². The summed E-state index contributed by atoms with van der Waals surface area (Å²) >= 11 is 0. The third-order valence-electron chi connectivity index (χ3n) is 4.71. The molecule has 25 heavy (non-hydrogen) atoms. The molecule has 130 valence electrons. The number of hydrogen-bond acceptors (Lipinski definition) is 5. The lowest BCUT2D eigenvalue weighted by Gasteiger charge is -2.21. The van der Waals surface area contributed by atoms with Crippen LogP contribution in [0.2, 0.25) is 0 Å². The van der Waals surface area contributed by atoms with Crippen LogP contribution in [-0.2, 0) is 0 Å². The molecule has 0 spiro atoms. The highest BCUT2D eigenvalue weighted by Gasteiger charge is 2.22. The van der Waals surface area contributed by atoms with E-state index in [-0.39, 0.29) is 6.04 Å². The molecule has 0 amide bonds. The summed E-state index contributed by atoms with van der Waals surface area (Å²) in [6.45, 7) is 2.57. The number of anilines is 1. The van der Waals surface area contributed by atoms with Gasteiger partial charge in [0, 0.05) is 25.1 Å². The number of hydrogen-bond donors (Lipinski definition) is 2. The standard InChI is InChI=1S/C19H24N6/c20-19-14-24(9-8-22-19)17-11-23-25(13-17)18(12-21-10-15-6-7-15)16-4-2-1-3-5-16/h1-5,8-9,11,13,15,18,21H,6-7,10,12,14H2,(H2,20,22). The van der Waals surface area contributed by atoms with Gasteiger partial charge in [-0.3, -0.25) is 4.68 Å². The Kier molecular flexibility index (Phi) is 4.52. The van der Waals surface area contributed by atoms with Crippen molar-refractivity contribution in [2.45, 2.75) is 18.9 Å². The Morgan fingerprint density at radius 2 is 2.08 bits per heavy atom. The van der Waals surface area contributed by atoms with Gasteiger partial charge in [-0.25, -0.2) is 4.99 Å². The van der Waals surface area contributed by atoms with Gasteiger partial charge in [0.15, 0.2) is 0 Å². The maximum absolute atomic E-state index is 5.84. The first kappa shape index (κ1) is 15.9.